The highest BCUT2D eigenvalue weighted by atomic mass is 28.4. The van der Waals surface area contributed by atoms with Crippen molar-refractivity contribution in [3.05, 3.63) is 44.1 Å². The molecule has 2 heterocycles. The SMILES string of the molecule is CCO[Si](CCC(O)COC[C@@H](OC)[C@@H](OC)[C@H](Cn1c2nc(=O)[nH]c(=O)c-2nc2cc(C)c(C)cc21)OC)(OCC)OCC. The quantitative estimate of drug-likeness (QED) is 0.135. The van der Waals surface area contributed by atoms with Crippen molar-refractivity contribution in [1.29, 1.82) is 0 Å². The van der Waals surface area contributed by atoms with Crippen LogP contribution in [0.4, 0.5) is 0 Å². The second-order valence-corrected chi connectivity index (χ2v) is 13.4. The molecule has 0 saturated heterocycles. The number of aliphatic hydroxyl groups excluding tert-OH is 1. The molecule has 0 bridgehead atoms. The van der Waals surface area contributed by atoms with Crippen LogP contribution in [0.2, 0.25) is 6.04 Å². The molecule has 15 heteroatoms. The lowest BCUT2D eigenvalue weighted by atomic mass is 10.1. The molecular formula is C30H48N4O10Si. The Hall–Kier alpha value is -2.60. The number of nitrogens with one attached hydrogen (secondary N) is 1. The molecule has 45 heavy (non-hydrogen) atoms. The van der Waals surface area contributed by atoms with Gasteiger partial charge in [-0.3, -0.25) is 9.78 Å². The average molecular weight is 653 g/mol. The van der Waals surface area contributed by atoms with E-state index in [2.05, 4.69) is 15.0 Å². The molecule has 2 aliphatic heterocycles. The van der Waals surface area contributed by atoms with Crippen LogP contribution in [0.15, 0.2) is 21.7 Å². The Balaban J connectivity index is 1.79. The van der Waals surface area contributed by atoms with E-state index in [4.69, 9.17) is 32.2 Å². The predicted molar refractivity (Wildman–Crippen MR) is 170 cm³/mol. The Morgan fingerprint density at radius 1 is 0.889 bits per heavy atom. The highest BCUT2D eigenvalue weighted by Crippen LogP contribution is 2.26. The number of H-pyrrole nitrogens is 1. The van der Waals surface area contributed by atoms with Gasteiger partial charge in [0, 0.05) is 47.2 Å². The van der Waals surface area contributed by atoms with Crippen LogP contribution in [0, 0.1) is 13.8 Å². The normalized spacial score (nSPS) is 15.0. The first-order chi connectivity index (χ1) is 21.6. The van der Waals surface area contributed by atoms with Gasteiger partial charge in [0.05, 0.1) is 36.9 Å². The summed E-state index contributed by atoms with van der Waals surface area (Å²) in [6, 6.07) is 4.29. The molecule has 0 fully saturated rings. The lowest BCUT2D eigenvalue weighted by molar-refractivity contribution is -0.134. The van der Waals surface area contributed by atoms with Crippen molar-refractivity contribution < 1.29 is 37.3 Å². The molecule has 2 aliphatic rings. The van der Waals surface area contributed by atoms with Gasteiger partial charge in [-0.15, -0.1) is 0 Å². The minimum atomic E-state index is -2.89. The molecular weight excluding hydrogens is 604 g/mol. The van der Waals surface area contributed by atoms with Crippen LogP contribution in [-0.2, 0) is 38.8 Å². The molecule has 1 aromatic carbocycles. The van der Waals surface area contributed by atoms with Crippen LogP contribution >= 0.6 is 0 Å². The van der Waals surface area contributed by atoms with E-state index in [-0.39, 0.29) is 31.3 Å². The smallest absolute Gasteiger partial charge is 0.391 e. The summed E-state index contributed by atoms with van der Waals surface area (Å²) in [7, 11) is 1.73. The molecule has 4 atom stereocenters. The summed E-state index contributed by atoms with van der Waals surface area (Å²) >= 11 is 0. The second-order valence-electron chi connectivity index (χ2n) is 10.7. The van der Waals surface area contributed by atoms with Crippen molar-refractivity contribution in [2.75, 3.05) is 54.4 Å². The monoisotopic (exact) mass is 652 g/mol. The Labute approximate surface area is 264 Å². The minimum absolute atomic E-state index is 0.0416. The summed E-state index contributed by atoms with van der Waals surface area (Å²) in [4.78, 5) is 35.8. The van der Waals surface area contributed by atoms with Gasteiger partial charge in [0.2, 0.25) is 0 Å². The molecule has 14 nitrogen and oxygen atoms in total. The van der Waals surface area contributed by atoms with E-state index < -0.39 is 44.5 Å². The molecule has 0 aliphatic carbocycles. The zero-order chi connectivity index (χ0) is 33.1. The first kappa shape index (κ1) is 36.9. The molecule has 2 N–H and O–H groups in total. The lowest BCUT2D eigenvalue weighted by Gasteiger charge is -2.32. The standard InChI is InChI=1S/C30H48N4O10Si/c1-9-42-45(43-10-2,44-11-3)13-12-21(35)17-41-18-25(39-7)27(40-8)24(38-6)16-34-23-15-20(5)19(4)14-22(23)31-26-28(34)32-30(37)33-29(26)36/h14-15,21,24-25,27,35H,9-13,16-18H2,1-8H3,(H,33,36,37)/t21?,24-,25+,27-/m0/s1. The van der Waals surface area contributed by atoms with Crippen LogP contribution in [0.3, 0.4) is 0 Å². The van der Waals surface area contributed by atoms with Gasteiger partial charge in [-0.05, 0) is 64.3 Å². The van der Waals surface area contributed by atoms with E-state index in [0.717, 1.165) is 11.1 Å². The van der Waals surface area contributed by atoms with E-state index in [1.165, 1.54) is 14.2 Å². The number of hydrogen-bond donors (Lipinski definition) is 2. The van der Waals surface area contributed by atoms with E-state index in [1.807, 2.05) is 46.8 Å². The van der Waals surface area contributed by atoms with E-state index in [9.17, 15) is 14.7 Å². The number of aromatic amines is 1. The van der Waals surface area contributed by atoms with Crippen LogP contribution in [-0.4, -0.2) is 112 Å². The maximum absolute atomic E-state index is 12.7. The summed E-state index contributed by atoms with van der Waals surface area (Å²) in [5, 5.41) is 10.7. The van der Waals surface area contributed by atoms with Crippen LogP contribution < -0.4 is 11.2 Å². The highest BCUT2D eigenvalue weighted by molar-refractivity contribution is 6.60. The number of nitrogens with zero attached hydrogens (tertiary/aromatic N) is 3. The minimum Gasteiger partial charge on any atom is -0.391 e. The van der Waals surface area contributed by atoms with Gasteiger partial charge in [-0.1, -0.05) is 0 Å². The second kappa shape index (κ2) is 17.4. The summed E-state index contributed by atoms with van der Waals surface area (Å²) in [5.74, 6) is 0.135. The Morgan fingerprint density at radius 2 is 1.51 bits per heavy atom. The maximum atomic E-state index is 12.7. The predicted octanol–water partition coefficient (Wildman–Crippen LogP) is 2.06. The average Bonchev–Trinajstić information content (AvgIpc) is 3.00. The maximum Gasteiger partial charge on any atom is 0.501 e. The van der Waals surface area contributed by atoms with E-state index >= 15 is 0 Å². The van der Waals surface area contributed by atoms with Crippen LogP contribution in [0.1, 0.15) is 38.3 Å². The van der Waals surface area contributed by atoms with Gasteiger partial charge >= 0.3 is 14.5 Å². The van der Waals surface area contributed by atoms with Crippen LogP contribution in [0.25, 0.3) is 22.6 Å². The zero-order valence-corrected chi connectivity index (χ0v) is 28.6. The number of aromatic nitrogens is 4. The third kappa shape index (κ3) is 9.24. The fourth-order valence-corrected chi connectivity index (χ4v) is 8.00. The molecule has 0 spiro atoms. The number of aliphatic hydroxyl groups is 1. The number of ether oxygens (including phenoxy) is 4. The lowest BCUT2D eigenvalue weighted by Crippen LogP contribution is -2.47. The topological polar surface area (TPSA) is 165 Å². The number of hydrogen-bond acceptors (Lipinski definition) is 12. The first-order valence-corrected chi connectivity index (χ1v) is 17.2. The highest BCUT2D eigenvalue weighted by Gasteiger charge is 2.40. The third-order valence-corrected chi connectivity index (χ3v) is 10.8. The summed E-state index contributed by atoms with van der Waals surface area (Å²) in [6.45, 7) is 11.3. The summed E-state index contributed by atoms with van der Waals surface area (Å²) in [5.41, 5.74) is 1.91. The van der Waals surface area contributed by atoms with Crippen molar-refractivity contribution in [2.45, 2.75) is 78.0 Å². The van der Waals surface area contributed by atoms with Crippen molar-refractivity contribution in [2.24, 2.45) is 0 Å². The number of benzene rings is 1. The van der Waals surface area contributed by atoms with Gasteiger partial charge in [0.25, 0.3) is 5.56 Å². The third-order valence-electron chi connectivity index (χ3n) is 7.67. The number of fused-ring (bicyclic) bond motifs is 2. The van der Waals surface area contributed by atoms with Crippen molar-refractivity contribution >= 4 is 19.8 Å². The van der Waals surface area contributed by atoms with Gasteiger partial charge < -0.3 is 41.9 Å². The Kier molecular flexibility index (Phi) is 14.2. The van der Waals surface area contributed by atoms with Gasteiger partial charge in [0.1, 0.15) is 18.3 Å². The number of rotatable bonds is 20. The zero-order valence-electron chi connectivity index (χ0n) is 27.6. The van der Waals surface area contributed by atoms with E-state index in [0.29, 0.717) is 43.3 Å². The molecule has 3 rings (SSSR count). The molecule has 1 aromatic rings. The molecule has 252 valence electrons. The first-order valence-electron chi connectivity index (χ1n) is 15.2. The Morgan fingerprint density at radius 3 is 2.09 bits per heavy atom. The summed E-state index contributed by atoms with van der Waals surface area (Å²) in [6.07, 6.45) is -2.26. The molecule has 1 unspecified atom stereocenters. The number of aryl methyl sites for hydroxylation is 2. The molecule has 0 saturated carbocycles. The Bertz CT molecular complexity index is 1430. The molecule has 0 radical (unpaired) electrons. The van der Waals surface area contributed by atoms with Crippen molar-refractivity contribution in [3.8, 4) is 11.5 Å². The largest absolute Gasteiger partial charge is 0.501 e. The number of methoxy groups -OCH3 is 3. The fourth-order valence-electron chi connectivity index (χ4n) is 5.32. The van der Waals surface area contributed by atoms with Crippen molar-refractivity contribution in [1.82, 2.24) is 19.5 Å². The fraction of sp³-hybridized carbons (Fsp3) is 0.667. The van der Waals surface area contributed by atoms with Gasteiger partial charge in [0.15, 0.2) is 11.5 Å². The van der Waals surface area contributed by atoms with Crippen LogP contribution in [0.5, 0.6) is 0 Å². The molecule has 0 amide bonds. The van der Waals surface area contributed by atoms with Gasteiger partial charge in [-0.25, -0.2) is 9.78 Å². The molecule has 0 aromatic heterocycles. The summed E-state index contributed by atoms with van der Waals surface area (Å²) < 4.78 is 42.8. The van der Waals surface area contributed by atoms with Crippen molar-refractivity contribution in [3.63, 3.8) is 0 Å². The van der Waals surface area contributed by atoms with Gasteiger partial charge in [-0.2, -0.15) is 4.98 Å². The van der Waals surface area contributed by atoms with E-state index in [1.54, 1.807) is 11.7 Å².